The monoisotopic (exact) mass is 301 g/mol. The van der Waals surface area contributed by atoms with Crippen molar-refractivity contribution in [1.29, 1.82) is 0 Å². The highest BCUT2D eigenvalue weighted by Crippen LogP contribution is 2.15. The molecule has 0 aliphatic carbocycles. The molecule has 0 aromatic carbocycles. The minimum Gasteiger partial charge on any atom is -0.468 e. The third-order valence-electron chi connectivity index (χ3n) is 3.80. The zero-order chi connectivity index (χ0) is 16.6. The van der Waals surface area contributed by atoms with Crippen LogP contribution in [0.15, 0.2) is 0 Å². The fraction of sp³-hybridized carbons (Fsp3) is 0.938. The Morgan fingerprint density at radius 3 is 2.24 bits per heavy atom. The van der Waals surface area contributed by atoms with E-state index in [4.69, 9.17) is 4.74 Å². The van der Waals surface area contributed by atoms with Crippen LogP contribution in [0.4, 0.5) is 0 Å². The van der Waals surface area contributed by atoms with E-state index in [1.807, 2.05) is 20.8 Å². The predicted molar refractivity (Wildman–Crippen MR) is 88.6 cm³/mol. The van der Waals surface area contributed by atoms with E-state index >= 15 is 0 Å². The lowest BCUT2D eigenvalue weighted by molar-refractivity contribution is -0.148. The zero-order valence-electron chi connectivity index (χ0n) is 15.2. The van der Waals surface area contributed by atoms with Crippen molar-refractivity contribution in [3.63, 3.8) is 0 Å². The number of hydrogen-bond acceptors (Lipinski definition) is 5. The maximum atomic E-state index is 12.1. The van der Waals surface area contributed by atoms with Crippen LogP contribution in [0.25, 0.3) is 0 Å². The Kier molecular flexibility index (Phi) is 9.09. The van der Waals surface area contributed by atoms with Gasteiger partial charge in [-0.25, -0.2) is 0 Å². The van der Waals surface area contributed by atoms with Gasteiger partial charge >= 0.3 is 5.97 Å². The molecule has 126 valence electrons. The Balaban J connectivity index is 4.74. The Morgan fingerprint density at radius 1 is 1.29 bits per heavy atom. The molecule has 1 N–H and O–H groups in total. The second-order valence-electron chi connectivity index (χ2n) is 6.61. The maximum absolute atomic E-state index is 12.1. The van der Waals surface area contributed by atoms with Gasteiger partial charge in [-0.15, -0.1) is 0 Å². The molecule has 0 aliphatic rings. The molecule has 0 fully saturated rings. The highest BCUT2D eigenvalue weighted by molar-refractivity contribution is 5.80. The number of ether oxygens (including phenoxy) is 1. The van der Waals surface area contributed by atoms with Gasteiger partial charge in [-0.1, -0.05) is 6.92 Å². The van der Waals surface area contributed by atoms with Crippen molar-refractivity contribution in [3.8, 4) is 0 Å². The topological polar surface area (TPSA) is 44.8 Å². The molecule has 2 unspecified atom stereocenters. The average Bonchev–Trinajstić information content (AvgIpc) is 2.36. The third-order valence-corrected chi connectivity index (χ3v) is 3.80. The van der Waals surface area contributed by atoms with Crippen LogP contribution in [-0.4, -0.2) is 74.2 Å². The minimum atomic E-state index is -0.631. The van der Waals surface area contributed by atoms with Gasteiger partial charge in [0.05, 0.1) is 7.11 Å². The lowest BCUT2D eigenvalue weighted by atomic mass is 9.96. The molecule has 0 bridgehead atoms. The number of nitrogens with zero attached hydrogens (tertiary/aromatic N) is 2. The number of nitrogens with one attached hydrogen (secondary N) is 1. The van der Waals surface area contributed by atoms with E-state index in [0.29, 0.717) is 6.04 Å². The van der Waals surface area contributed by atoms with E-state index in [-0.39, 0.29) is 12.0 Å². The molecule has 0 aromatic heterocycles. The van der Waals surface area contributed by atoms with Gasteiger partial charge < -0.3 is 9.64 Å². The van der Waals surface area contributed by atoms with Gasteiger partial charge in [0, 0.05) is 25.2 Å². The van der Waals surface area contributed by atoms with Crippen molar-refractivity contribution in [3.05, 3.63) is 0 Å². The quantitative estimate of drug-likeness (QED) is 0.621. The van der Waals surface area contributed by atoms with E-state index in [2.05, 4.69) is 43.1 Å². The number of esters is 1. The molecule has 0 saturated heterocycles. The largest absolute Gasteiger partial charge is 0.468 e. The number of methoxy groups -OCH3 is 1. The summed E-state index contributed by atoms with van der Waals surface area (Å²) in [5, 5.41) is 3.35. The van der Waals surface area contributed by atoms with E-state index in [1.165, 1.54) is 7.11 Å². The molecule has 5 nitrogen and oxygen atoms in total. The lowest BCUT2D eigenvalue weighted by Gasteiger charge is -2.35. The first kappa shape index (κ1) is 20.3. The number of rotatable bonds is 10. The molecule has 0 radical (unpaired) electrons. The Bertz CT molecular complexity index is 308. The summed E-state index contributed by atoms with van der Waals surface area (Å²) in [5.41, 5.74) is -0.631. The standard InChI is InChI=1S/C16H35N3O2/c1-9-19(14(4)12-18(6)7)11-10-16(5,15(20)21-8)17-13(2)3/h13-14,17H,9-12H2,1-8H3. The van der Waals surface area contributed by atoms with E-state index in [0.717, 1.165) is 26.1 Å². The Hall–Kier alpha value is -0.650. The van der Waals surface area contributed by atoms with Crippen molar-refractivity contribution in [1.82, 2.24) is 15.1 Å². The molecule has 0 amide bonds. The molecule has 0 heterocycles. The molecule has 0 spiro atoms. The lowest BCUT2D eigenvalue weighted by Crippen LogP contribution is -2.55. The van der Waals surface area contributed by atoms with Gasteiger partial charge in [0.2, 0.25) is 0 Å². The molecule has 0 aliphatic heterocycles. The summed E-state index contributed by atoms with van der Waals surface area (Å²) >= 11 is 0. The van der Waals surface area contributed by atoms with Crippen LogP contribution in [0.2, 0.25) is 0 Å². The van der Waals surface area contributed by atoms with Gasteiger partial charge in [0.25, 0.3) is 0 Å². The second kappa shape index (κ2) is 9.38. The molecule has 2 atom stereocenters. The van der Waals surface area contributed by atoms with Crippen LogP contribution in [0.1, 0.15) is 41.0 Å². The summed E-state index contributed by atoms with van der Waals surface area (Å²) in [6.45, 7) is 13.3. The van der Waals surface area contributed by atoms with Crippen LogP contribution in [0.5, 0.6) is 0 Å². The SMILES string of the molecule is CCN(CCC(C)(NC(C)C)C(=O)OC)C(C)CN(C)C. The first-order valence-electron chi connectivity index (χ1n) is 7.91. The van der Waals surface area contributed by atoms with Crippen molar-refractivity contribution in [2.45, 2.75) is 58.7 Å². The summed E-state index contributed by atoms with van der Waals surface area (Å²) in [6, 6.07) is 0.703. The molecule has 21 heavy (non-hydrogen) atoms. The molecule has 0 rings (SSSR count). The van der Waals surface area contributed by atoms with Crippen LogP contribution in [-0.2, 0) is 9.53 Å². The van der Waals surface area contributed by atoms with E-state index in [1.54, 1.807) is 0 Å². The summed E-state index contributed by atoms with van der Waals surface area (Å²) in [7, 11) is 5.63. The fourth-order valence-corrected chi connectivity index (χ4v) is 2.80. The van der Waals surface area contributed by atoms with E-state index < -0.39 is 5.54 Å². The zero-order valence-corrected chi connectivity index (χ0v) is 15.2. The minimum absolute atomic E-state index is 0.187. The van der Waals surface area contributed by atoms with Crippen LogP contribution >= 0.6 is 0 Å². The van der Waals surface area contributed by atoms with Crippen LogP contribution in [0, 0.1) is 0 Å². The highest BCUT2D eigenvalue weighted by Gasteiger charge is 2.35. The maximum Gasteiger partial charge on any atom is 0.325 e. The number of carbonyl (C=O) groups is 1. The highest BCUT2D eigenvalue weighted by atomic mass is 16.5. The first-order valence-corrected chi connectivity index (χ1v) is 7.91. The summed E-state index contributed by atoms with van der Waals surface area (Å²) < 4.78 is 4.98. The fourth-order valence-electron chi connectivity index (χ4n) is 2.80. The second-order valence-corrected chi connectivity index (χ2v) is 6.61. The Labute approximate surface area is 131 Å². The number of likely N-dealkylation sites (N-methyl/N-ethyl adjacent to an activating group) is 2. The molecule has 5 heteroatoms. The van der Waals surface area contributed by atoms with Crippen molar-refractivity contribution in [2.24, 2.45) is 0 Å². The number of carbonyl (C=O) groups excluding carboxylic acids is 1. The van der Waals surface area contributed by atoms with Gasteiger partial charge in [0.15, 0.2) is 0 Å². The summed E-state index contributed by atoms with van der Waals surface area (Å²) in [4.78, 5) is 16.7. The van der Waals surface area contributed by atoms with Gasteiger partial charge in [-0.2, -0.15) is 0 Å². The van der Waals surface area contributed by atoms with Gasteiger partial charge in [-0.3, -0.25) is 15.0 Å². The molecular weight excluding hydrogens is 266 g/mol. The van der Waals surface area contributed by atoms with Crippen LogP contribution in [0.3, 0.4) is 0 Å². The van der Waals surface area contributed by atoms with Crippen molar-refractivity contribution >= 4 is 5.97 Å². The third kappa shape index (κ3) is 7.25. The van der Waals surface area contributed by atoms with Gasteiger partial charge in [0.1, 0.15) is 5.54 Å². The van der Waals surface area contributed by atoms with Gasteiger partial charge in [-0.05, 0) is 54.8 Å². The van der Waals surface area contributed by atoms with Crippen LogP contribution < -0.4 is 5.32 Å². The molecular formula is C16H35N3O2. The average molecular weight is 301 g/mol. The Morgan fingerprint density at radius 2 is 1.86 bits per heavy atom. The summed E-state index contributed by atoms with van der Waals surface area (Å²) in [5.74, 6) is -0.187. The smallest absolute Gasteiger partial charge is 0.325 e. The molecule has 0 aromatic rings. The first-order chi connectivity index (χ1) is 9.66. The van der Waals surface area contributed by atoms with E-state index in [9.17, 15) is 4.79 Å². The van der Waals surface area contributed by atoms with Crippen molar-refractivity contribution in [2.75, 3.05) is 40.8 Å². The number of hydrogen-bond donors (Lipinski definition) is 1. The normalized spacial score (nSPS) is 16.3. The van der Waals surface area contributed by atoms with Crippen molar-refractivity contribution < 1.29 is 9.53 Å². The predicted octanol–water partition coefficient (Wildman–Crippen LogP) is 1.58. The molecule has 0 saturated carbocycles. The summed E-state index contributed by atoms with van der Waals surface area (Å²) in [6.07, 6.45) is 0.740.